The van der Waals surface area contributed by atoms with Crippen LogP contribution in [0.5, 0.6) is 0 Å². The van der Waals surface area contributed by atoms with Crippen LogP contribution in [0.1, 0.15) is 17.0 Å². The summed E-state index contributed by atoms with van der Waals surface area (Å²) < 4.78 is 0. The van der Waals surface area contributed by atoms with Crippen molar-refractivity contribution in [1.82, 2.24) is 25.8 Å². The highest BCUT2D eigenvalue weighted by Crippen LogP contribution is 2.30. The number of aromatic nitrogens is 3. The lowest BCUT2D eigenvalue weighted by Crippen LogP contribution is -2.29. The van der Waals surface area contributed by atoms with E-state index in [1.165, 1.54) is 0 Å². The molecule has 3 aromatic rings. The fraction of sp³-hybridized carbons (Fsp3) is 0.235. The van der Waals surface area contributed by atoms with Crippen molar-refractivity contribution in [3.63, 3.8) is 0 Å². The van der Waals surface area contributed by atoms with Gasteiger partial charge in [-0.2, -0.15) is 5.26 Å². The van der Waals surface area contributed by atoms with Crippen molar-refractivity contribution in [2.45, 2.75) is 18.5 Å². The van der Waals surface area contributed by atoms with Crippen LogP contribution in [-0.2, 0) is 6.54 Å². The van der Waals surface area contributed by atoms with E-state index in [4.69, 9.17) is 0 Å². The Labute approximate surface area is 139 Å². The highest BCUT2D eigenvalue weighted by molar-refractivity contribution is 5.82. The van der Waals surface area contributed by atoms with E-state index in [9.17, 15) is 5.26 Å². The predicted octanol–water partition coefficient (Wildman–Crippen LogP) is 1.65. The summed E-state index contributed by atoms with van der Waals surface area (Å²) in [5.74, 6) is 0.864. The molecule has 7 heteroatoms. The van der Waals surface area contributed by atoms with Crippen molar-refractivity contribution >= 4 is 16.9 Å². The van der Waals surface area contributed by atoms with Crippen LogP contribution in [0.2, 0.25) is 0 Å². The maximum Gasteiger partial charge on any atom is 0.139 e. The van der Waals surface area contributed by atoms with Crippen LogP contribution in [0.15, 0.2) is 42.9 Å². The van der Waals surface area contributed by atoms with Gasteiger partial charge < -0.3 is 10.3 Å². The molecule has 120 valence electrons. The minimum atomic E-state index is -0.253. The van der Waals surface area contributed by atoms with E-state index in [-0.39, 0.29) is 12.0 Å². The molecule has 4 rings (SSSR count). The Morgan fingerprint density at radius 2 is 2.33 bits per heavy atom. The molecular weight excluding hydrogens is 302 g/mol. The van der Waals surface area contributed by atoms with Crippen molar-refractivity contribution in [1.29, 1.82) is 5.26 Å². The van der Waals surface area contributed by atoms with Crippen LogP contribution in [0.25, 0.3) is 11.0 Å². The molecule has 0 aliphatic carbocycles. The largest absolute Gasteiger partial charge is 0.366 e. The third kappa shape index (κ3) is 2.69. The Morgan fingerprint density at radius 3 is 3.17 bits per heavy atom. The van der Waals surface area contributed by atoms with Crippen molar-refractivity contribution < 1.29 is 0 Å². The first-order valence-corrected chi connectivity index (χ1v) is 7.84. The van der Waals surface area contributed by atoms with Gasteiger partial charge in [0.25, 0.3) is 0 Å². The van der Waals surface area contributed by atoms with Crippen LogP contribution in [0.3, 0.4) is 0 Å². The highest BCUT2D eigenvalue weighted by Gasteiger charge is 2.30. The quantitative estimate of drug-likeness (QED) is 0.583. The van der Waals surface area contributed by atoms with E-state index in [1.54, 1.807) is 6.20 Å². The normalized spacial score (nSPS) is 20.1. The van der Waals surface area contributed by atoms with E-state index in [0.29, 0.717) is 13.1 Å². The Balaban J connectivity index is 1.66. The number of H-pyrrole nitrogens is 1. The zero-order valence-corrected chi connectivity index (χ0v) is 13.0. The van der Waals surface area contributed by atoms with Gasteiger partial charge in [0.2, 0.25) is 0 Å². The average molecular weight is 319 g/mol. The summed E-state index contributed by atoms with van der Waals surface area (Å²) >= 11 is 0. The number of fused-ring (bicyclic) bond motifs is 1. The van der Waals surface area contributed by atoms with Crippen molar-refractivity contribution in [2.24, 2.45) is 0 Å². The van der Waals surface area contributed by atoms with E-state index >= 15 is 0 Å². The van der Waals surface area contributed by atoms with Gasteiger partial charge in [-0.15, -0.1) is 0 Å². The third-order valence-electron chi connectivity index (χ3n) is 4.28. The fourth-order valence-electron chi connectivity index (χ4n) is 3.07. The summed E-state index contributed by atoms with van der Waals surface area (Å²) in [4.78, 5) is 11.9. The number of pyridine rings is 2. The van der Waals surface area contributed by atoms with Gasteiger partial charge in [-0.1, -0.05) is 6.07 Å². The van der Waals surface area contributed by atoms with Gasteiger partial charge >= 0.3 is 0 Å². The lowest BCUT2D eigenvalue weighted by molar-refractivity contribution is 0.625. The second kappa shape index (κ2) is 6.28. The first kappa shape index (κ1) is 14.6. The topological polar surface area (TPSA) is 101 Å². The number of hydrogen-bond donors (Lipinski definition) is 4. The van der Waals surface area contributed by atoms with Gasteiger partial charge in [-0.3, -0.25) is 10.4 Å². The first-order chi connectivity index (χ1) is 11.8. The minimum absolute atomic E-state index is 0.0789. The van der Waals surface area contributed by atoms with E-state index in [2.05, 4.69) is 37.2 Å². The molecule has 0 radical (unpaired) electrons. The maximum atomic E-state index is 9.34. The molecule has 4 heterocycles. The standard InChI is InChI=1S/C17H17N7/c18-7-15-14(10-22-24-15)13-6-16(23-17-12(13)3-5-20-17)21-9-11-2-1-4-19-8-11/h1-6,8,14-15,22,24H,9-10H2,(H2,20,21,23). The molecule has 1 saturated heterocycles. The molecule has 0 spiro atoms. The lowest BCUT2D eigenvalue weighted by atomic mass is 9.92. The Morgan fingerprint density at radius 1 is 1.38 bits per heavy atom. The van der Waals surface area contributed by atoms with E-state index in [0.717, 1.165) is 28.0 Å². The molecule has 2 atom stereocenters. The number of aromatic amines is 1. The smallest absolute Gasteiger partial charge is 0.139 e. The second-order valence-electron chi connectivity index (χ2n) is 5.79. The molecule has 2 unspecified atom stereocenters. The molecular formula is C17H17N7. The second-order valence-corrected chi connectivity index (χ2v) is 5.79. The molecule has 24 heavy (non-hydrogen) atoms. The molecule has 7 nitrogen and oxygen atoms in total. The predicted molar refractivity (Wildman–Crippen MR) is 90.9 cm³/mol. The summed E-state index contributed by atoms with van der Waals surface area (Å²) in [7, 11) is 0. The van der Waals surface area contributed by atoms with Crippen LogP contribution < -0.4 is 16.2 Å². The molecule has 0 saturated carbocycles. The van der Waals surface area contributed by atoms with Crippen molar-refractivity contribution in [2.75, 3.05) is 11.9 Å². The summed E-state index contributed by atoms with van der Waals surface area (Å²) in [5.41, 5.74) is 9.12. The van der Waals surface area contributed by atoms with Gasteiger partial charge in [0, 0.05) is 43.0 Å². The van der Waals surface area contributed by atoms with Gasteiger partial charge in [0.05, 0.1) is 6.07 Å². The fourth-order valence-corrected chi connectivity index (χ4v) is 3.07. The number of nitrogens with one attached hydrogen (secondary N) is 4. The molecule has 0 aromatic carbocycles. The Hall–Kier alpha value is -2.95. The lowest BCUT2D eigenvalue weighted by Gasteiger charge is -2.15. The molecule has 1 aliphatic heterocycles. The number of nitrogens with zero attached hydrogens (tertiary/aromatic N) is 3. The van der Waals surface area contributed by atoms with Gasteiger partial charge in [-0.25, -0.2) is 10.4 Å². The molecule has 0 bridgehead atoms. The number of hydrogen-bond acceptors (Lipinski definition) is 6. The Kier molecular flexibility index (Phi) is 3.83. The maximum absolute atomic E-state index is 9.34. The zero-order chi connectivity index (χ0) is 16.4. The van der Waals surface area contributed by atoms with Gasteiger partial charge in [-0.05, 0) is 29.3 Å². The van der Waals surface area contributed by atoms with E-state index in [1.807, 2.05) is 36.7 Å². The molecule has 1 aliphatic rings. The monoisotopic (exact) mass is 319 g/mol. The zero-order valence-electron chi connectivity index (χ0n) is 13.0. The number of anilines is 1. The summed E-state index contributed by atoms with van der Waals surface area (Å²) in [6.45, 7) is 1.36. The average Bonchev–Trinajstić information content (AvgIpc) is 3.29. The van der Waals surface area contributed by atoms with Crippen LogP contribution in [-0.4, -0.2) is 27.5 Å². The van der Waals surface area contributed by atoms with Crippen LogP contribution in [0, 0.1) is 11.3 Å². The Bertz CT molecular complexity index is 881. The SMILES string of the molecule is N#CC1NNCC1c1cc(NCc2cccnc2)nc2[nH]ccc12. The molecule has 3 aromatic heterocycles. The number of hydrazine groups is 1. The van der Waals surface area contributed by atoms with Crippen LogP contribution >= 0.6 is 0 Å². The third-order valence-corrected chi connectivity index (χ3v) is 4.28. The van der Waals surface area contributed by atoms with Crippen LogP contribution in [0.4, 0.5) is 5.82 Å². The summed E-state index contributed by atoms with van der Waals surface area (Å²) in [5, 5.41) is 13.7. The molecule has 1 fully saturated rings. The first-order valence-electron chi connectivity index (χ1n) is 7.84. The molecule has 0 amide bonds. The molecule has 4 N–H and O–H groups in total. The van der Waals surface area contributed by atoms with Gasteiger partial charge in [0.15, 0.2) is 0 Å². The van der Waals surface area contributed by atoms with E-state index < -0.39 is 0 Å². The minimum Gasteiger partial charge on any atom is -0.366 e. The summed E-state index contributed by atoms with van der Waals surface area (Å²) in [6, 6.07) is 10.0. The number of nitriles is 1. The summed E-state index contributed by atoms with van der Waals surface area (Å²) in [6.07, 6.45) is 5.47. The highest BCUT2D eigenvalue weighted by atomic mass is 15.4. The van der Waals surface area contributed by atoms with Crippen molar-refractivity contribution in [3.8, 4) is 6.07 Å². The van der Waals surface area contributed by atoms with Gasteiger partial charge in [0.1, 0.15) is 17.5 Å². The van der Waals surface area contributed by atoms with Crippen molar-refractivity contribution in [3.05, 3.63) is 54.0 Å². The number of rotatable bonds is 4.